The van der Waals surface area contributed by atoms with Crippen molar-refractivity contribution in [3.05, 3.63) is 58.1 Å². The molecule has 1 fully saturated rings. The van der Waals surface area contributed by atoms with Gasteiger partial charge < -0.3 is 9.64 Å². The molecule has 0 N–H and O–H groups in total. The molecule has 6 heteroatoms. The van der Waals surface area contributed by atoms with E-state index in [1.165, 1.54) is 0 Å². The maximum absolute atomic E-state index is 13.0. The van der Waals surface area contributed by atoms with E-state index in [0.29, 0.717) is 0 Å². The van der Waals surface area contributed by atoms with E-state index < -0.39 is 0 Å². The molecule has 0 saturated carbocycles. The van der Waals surface area contributed by atoms with Crippen molar-refractivity contribution in [3.63, 3.8) is 0 Å². The normalized spacial score (nSPS) is 17.1. The molecule has 0 bridgehead atoms. The molecule has 126 valence electrons. The summed E-state index contributed by atoms with van der Waals surface area (Å²) in [6.45, 7) is 0.744. The molecule has 2 aromatic rings. The minimum atomic E-state index is -0.0230. The van der Waals surface area contributed by atoms with Crippen LogP contribution in [0.1, 0.15) is 21.3 Å². The van der Waals surface area contributed by atoms with Gasteiger partial charge in [-0.1, -0.05) is 15.9 Å². The van der Waals surface area contributed by atoms with Crippen molar-refractivity contribution >= 4 is 45.4 Å². The summed E-state index contributed by atoms with van der Waals surface area (Å²) in [5.74, 6) is 1.81. The molecule has 0 radical (unpaired) electrons. The number of amides is 1. The maximum Gasteiger partial charge on any atom is 0.255 e. The van der Waals surface area contributed by atoms with Crippen LogP contribution in [0.25, 0.3) is 0 Å². The summed E-state index contributed by atoms with van der Waals surface area (Å²) in [6, 6.07) is 13.7. The van der Waals surface area contributed by atoms with Gasteiger partial charge in [-0.15, -0.1) is 23.5 Å². The highest BCUT2D eigenvalue weighted by Crippen LogP contribution is 2.43. The van der Waals surface area contributed by atoms with Crippen LogP contribution in [0.3, 0.4) is 0 Å². The highest BCUT2D eigenvalue weighted by molar-refractivity contribution is 9.10. The summed E-state index contributed by atoms with van der Waals surface area (Å²) in [6.07, 6.45) is 2.03. The van der Waals surface area contributed by atoms with E-state index in [4.69, 9.17) is 4.74 Å². The number of thioether (sulfide) groups is 2. The van der Waals surface area contributed by atoms with Crippen molar-refractivity contribution in [2.45, 2.75) is 10.3 Å². The van der Waals surface area contributed by atoms with Crippen LogP contribution in [0.5, 0.6) is 5.75 Å². The molecule has 1 aliphatic rings. The predicted octanol–water partition coefficient (Wildman–Crippen LogP) is 5.07. The average Bonchev–Trinajstić information content (AvgIpc) is 3.10. The van der Waals surface area contributed by atoms with Gasteiger partial charge >= 0.3 is 0 Å². The number of benzene rings is 2. The molecule has 1 aliphatic heterocycles. The monoisotopic (exact) mass is 423 g/mol. The fourth-order valence-corrected chi connectivity index (χ4v) is 4.79. The smallest absolute Gasteiger partial charge is 0.255 e. The number of ether oxygens (including phenoxy) is 1. The first-order chi connectivity index (χ1) is 11.6. The number of methoxy groups -OCH3 is 1. The third-order valence-corrected chi connectivity index (χ3v) is 6.43. The van der Waals surface area contributed by atoms with E-state index >= 15 is 0 Å². The van der Waals surface area contributed by atoms with Crippen LogP contribution in [0, 0.1) is 0 Å². The maximum atomic E-state index is 13.0. The van der Waals surface area contributed by atoms with Gasteiger partial charge in [0.1, 0.15) is 11.1 Å². The first kappa shape index (κ1) is 17.7. The minimum absolute atomic E-state index is 0.0230. The molecule has 0 spiro atoms. The van der Waals surface area contributed by atoms with Crippen LogP contribution >= 0.6 is 39.5 Å². The Balaban J connectivity index is 1.90. The van der Waals surface area contributed by atoms with Gasteiger partial charge in [-0.25, -0.2) is 0 Å². The first-order valence-corrected chi connectivity index (χ1v) is 10.6. The fraction of sp³-hybridized carbons (Fsp3) is 0.278. The molecule has 1 amide bonds. The number of hydrogen-bond donors (Lipinski definition) is 0. The van der Waals surface area contributed by atoms with E-state index in [1.54, 1.807) is 30.6 Å². The molecule has 3 nitrogen and oxygen atoms in total. The standard InChI is InChI=1S/C18H18BrNO2S2/c1-22-16-8-5-13(19)11-15(16)18-20(9-10-24-18)17(21)12-3-6-14(23-2)7-4-12/h3-8,11,18H,9-10H2,1-2H3. The Hall–Kier alpha value is -1.11. The molecule has 0 aromatic heterocycles. The highest BCUT2D eigenvalue weighted by atomic mass is 79.9. The Morgan fingerprint density at radius 1 is 1.29 bits per heavy atom. The van der Waals surface area contributed by atoms with Gasteiger partial charge in [-0.05, 0) is 48.7 Å². The second kappa shape index (κ2) is 7.85. The molecule has 1 atom stereocenters. The number of rotatable bonds is 4. The van der Waals surface area contributed by atoms with Gasteiger partial charge in [-0.2, -0.15) is 0 Å². The third kappa shape index (κ3) is 3.60. The van der Waals surface area contributed by atoms with Crippen LogP contribution in [-0.2, 0) is 0 Å². The second-order valence-corrected chi connectivity index (χ2v) is 8.32. The Labute approximate surface area is 159 Å². The first-order valence-electron chi connectivity index (χ1n) is 7.54. The van der Waals surface area contributed by atoms with E-state index in [1.807, 2.05) is 53.6 Å². The van der Waals surface area contributed by atoms with Crippen molar-refractivity contribution in [2.24, 2.45) is 0 Å². The quantitative estimate of drug-likeness (QED) is 0.642. The Morgan fingerprint density at radius 2 is 2.04 bits per heavy atom. The van der Waals surface area contributed by atoms with Gasteiger partial charge in [0.2, 0.25) is 0 Å². The van der Waals surface area contributed by atoms with E-state index in [0.717, 1.165) is 38.5 Å². The SMILES string of the molecule is COc1ccc(Br)cc1C1SCCN1C(=O)c1ccc(SC)cc1. The Kier molecular flexibility index (Phi) is 5.79. The van der Waals surface area contributed by atoms with Crippen LogP contribution < -0.4 is 4.74 Å². The number of hydrogen-bond acceptors (Lipinski definition) is 4. The van der Waals surface area contributed by atoms with Crippen molar-refractivity contribution in [1.29, 1.82) is 0 Å². The lowest BCUT2D eigenvalue weighted by Gasteiger charge is -2.25. The van der Waals surface area contributed by atoms with E-state index in [-0.39, 0.29) is 11.3 Å². The van der Waals surface area contributed by atoms with Crippen LogP contribution in [0.2, 0.25) is 0 Å². The zero-order valence-corrected chi connectivity index (χ0v) is 16.7. The van der Waals surface area contributed by atoms with Crippen LogP contribution in [-0.4, -0.2) is 36.5 Å². The van der Waals surface area contributed by atoms with Crippen molar-refractivity contribution in [1.82, 2.24) is 4.90 Å². The van der Waals surface area contributed by atoms with Gasteiger partial charge in [0.15, 0.2) is 0 Å². The summed E-state index contributed by atoms with van der Waals surface area (Å²) < 4.78 is 6.49. The zero-order chi connectivity index (χ0) is 17.1. The summed E-state index contributed by atoms with van der Waals surface area (Å²) in [5.41, 5.74) is 1.76. The largest absolute Gasteiger partial charge is 0.496 e. The lowest BCUT2D eigenvalue weighted by Crippen LogP contribution is -2.30. The molecule has 2 aromatic carbocycles. The average molecular weight is 424 g/mol. The summed E-state index contributed by atoms with van der Waals surface area (Å²) in [5, 5.41) is -0.0230. The Morgan fingerprint density at radius 3 is 2.71 bits per heavy atom. The molecule has 1 saturated heterocycles. The number of halogens is 1. The highest BCUT2D eigenvalue weighted by Gasteiger charge is 2.33. The van der Waals surface area contributed by atoms with E-state index in [2.05, 4.69) is 15.9 Å². The summed E-state index contributed by atoms with van der Waals surface area (Å²) in [4.78, 5) is 16.1. The summed E-state index contributed by atoms with van der Waals surface area (Å²) in [7, 11) is 1.67. The lowest BCUT2D eigenvalue weighted by molar-refractivity contribution is 0.0759. The van der Waals surface area contributed by atoms with Gasteiger partial charge in [0.25, 0.3) is 5.91 Å². The molecular formula is C18H18BrNO2S2. The number of carbonyl (C=O) groups is 1. The summed E-state index contributed by atoms with van der Waals surface area (Å²) >= 11 is 6.97. The van der Waals surface area contributed by atoms with Gasteiger partial charge in [0.05, 0.1) is 7.11 Å². The predicted molar refractivity (Wildman–Crippen MR) is 105 cm³/mol. The minimum Gasteiger partial charge on any atom is -0.496 e. The van der Waals surface area contributed by atoms with E-state index in [9.17, 15) is 4.79 Å². The molecule has 3 rings (SSSR count). The third-order valence-electron chi connectivity index (χ3n) is 3.95. The number of nitrogens with zero attached hydrogens (tertiary/aromatic N) is 1. The second-order valence-electron chi connectivity index (χ2n) is 5.34. The van der Waals surface area contributed by atoms with Gasteiger partial charge in [0, 0.05) is 32.8 Å². The Bertz CT molecular complexity index is 736. The van der Waals surface area contributed by atoms with Crippen molar-refractivity contribution in [2.75, 3.05) is 25.7 Å². The molecule has 0 aliphatic carbocycles. The zero-order valence-electron chi connectivity index (χ0n) is 13.5. The fourth-order valence-electron chi connectivity index (χ4n) is 2.73. The molecule has 24 heavy (non-hydrogen) atoms. The van der Waals surface area contributed by atoms with Crippen molar-refractivity contribution in [3.8, 4) is 5.75 Å². The van der Waals surface area contributed by atoms with Gasteiger partial charge in [-0.3, -0.25) is 4.79 Å². The van der Waals surface area contributed by atoms with Crippen molar-refractivity contribution < 1.29 is 9.53 Å². The molecular weight excluding hydrogens is 406 g/mol. The topological polar surface area (TPSA) is 29.5 Å². The lowest BCUT2D eigenvalue weighted by atomic mass is 10.1. The van der Waals surface area contributed by atoms with Crippen LogP contribution in [0.15, 0.2) is 51.8 Å². The number of carbonyl (C=O) groups excluding carboxylic acids is 1. The molecule has 1 heterocycles. The van der Waals surface area contributed by atoms with Crippen LogP contribution in [0.4, 0.5) is 0 Å². The molecule has 1 unspecified atom stereocenters.